The number of nitrogens with zero attached hydrogens (tertiary/aromatic N) is 2. The van der Waals surface area contributed by atoms with Crippen molar-refractivity contribution >= 4 is 43.6 Å². The number of para-hydroxylation sites is 4. The predicted octanol–water partition coefficient (Wildman–Crippen LogP) is 12.9. The van der Waals surface area contributed by atoms with Gasteiger partial charge in [0, 0.05) is 38.5 Å². The molecule has 234 valence electrons. The molecule has 0 spiro atoms. The normalized spacial score (nSPS) is 11.6. The molecule has 2 aromatic heterocycles. The summed E-state index contributed by atoms with van der Waals surface area (Å²) in [5, 5.41) is 5.01. The van der Waals surface area contributed by atoms with Gasteiger partial charge in [-0.3, -0.25) is 0 Å². The maximum absolute atomic E-state index is 2.45. The van der Waals surface area contributed by atoms with Gasteiger partial charge < -0.3 is 9.13 Å². The van der Waals surface area contributed by atoms with Crippen molar-refractivity contribution in [3.63, 3.8) is 0 Å². The summed E-state index contributed by atoms with van der Waals surface area (Å²) in [6, 6.07) is 70.4. The average molecular weight is 637 g/mol. The summed E-state index contributed by atoms with van der Waals surface area (Å²) in [5.41, 5.74) is 14.4. The smallest absolute Gasteiger partial charge is 0.0619 e. The molecule has 0 saturated heterocycles. The van der Waals surface area contributed by atoms with Gasteiger partial charge in [0.25, 0.3) is 0 Å². The first kappa shape index (κ1) is 28.4. The molecule has 0 bridgehead atoms. The summed E-state index contributed by atoms with van der Waals surface area (Å²) in [7, 11) is 0. The van der Waals surface area contributed by atoms with Crippen molar-refractivity contribution in [2.24, 2.45) is 0 Å². The fourth-order valence-corrected chi connectivity index (χ4v) is 7.91. The minimum absolute atomic E-state index is 1.14. The van der Waals surface area contributed by atoms with Crippen LogP contribution in [0.5, 0.6) is 0 Å². The molecule has 0 aliphatic rings. The van der Waals surface area contributed by atoms with Gasteiger partial charge in [0.2, 0.25) is 0 Å². The van der Waals surface area contributed by atoms with Crippen molar-refractivity contribution in [1.82, 2.24) is 9.13 Å². The van der Waals surface area contributed by atoms with Gasteiger partial charge in [0.15, 0.2) is 0 Å². The maximum atomic E-state index is 2.45. The number of aromatic nitrogens is 2. The maximum Gasteiger partial charge on any atom is 0.0619 e. The van der Waals surface area contributed by atoms with Crippen LogP contribution >= 0.6 is 0 Å². The molecule has 10 rings (SSSR count). The van der Waals surface area contributed by atoms with Crippen LogP contribution in [0.15, 0.2) is 194 Å². The lowest BCUT2D eigenvalue weighted by Gasteiger charge is -2.16. The number of fused-ring (bicyclic) bond motifs is 6. The highest BCUT2D eigenvalue weighted by molar-refractivity contribution is 6.15. The highest BCUT2D eigenvalue weighted by Crippen LogP contribution is 2.42. The van der Waals surface area contributed by atoms with Crippen LogP contribution in [0.3, 0.4) is 0 Å². The topological polar surface area (TPSA) is 9.86 Å². The Balaban J connectivity index is 1.25. The fourth-order valence-electron chi connectivity index (χ4n) is 7.91. The first-order valence-corrected chi connectivity index (χ1v) is 17.2. The minimum Gasteiger partial charge on any atom is -0.309 e. The molecule has 0 atom stereocenters. The minimum atomic E-state index is 1.14. The van der Waals surface area contributed by atoms with Crippen LogP contribution in [-0.2, 0) is 0 Å². The summed E-state index contributed by atoms with van der Waals surface area (Å²) in [4.78, 5) is 0. The highest BCUT2D eigenvalue weighted by atomic mass is 15.0. The molecule has 2 heteroatoms. The Hall–Kier alpha value is -6.64. The average Bonchev–Trinajstić information content (AvgIpc) is 3.71. The molecule has 0 radical (unpaired) electrons. The van der Waals surface area contributed by atoms with Gasteiger partial charge in [-0.05, 0) is 70.3 Å². The van der Waals surface area contributed by atoms with E-state index in [1.165, 1.54) is 77.0 Å². The molecule has 50 heavy (non-hydrogen) atoms. The lowest BCUT2D eigenvalue weighted by atomic mass is 9.94. The standard InChI is InChI=1S/C48H32N2/c1-4-15-33(16-5-1)38-30-28-37(32-44(38)34-17-6-2-7-18-34)49-45-25-12-10-21-40(45)42-29-27-35(31-47(42)49)39-23-14-24-43-41-22-11-13-26-46(41)50(48(39)43)36-19-8-3-9-20-36/h1-32H. The van der Waals surface area contributed by atoms with Gasteiger partial charge in [0.05, 0.1) is 22.1 Å². The van der Waals surface area contributed by atoms with Crippen molar-refractivity contribution in [2.45, 2.75) is 0 Å². The molecule has 2 heterocycles. The van der Waals surface area contributed by atoms with Crippen LogP contribution < -0.4 is 0 Å². The van der Waals surface area contributed by atoms with Crippen LogP contribution in [-0.4, -0.2) is 9.13 Å². The summed E-state index contributed by atoms with van der Waals surface area (Å²) in [6.07, 6.45) is 0. The van der Waals surface area contributed by atoms with E-state index in [-0.39, 0.29) is 0 Å². The second-order valence-corrected chi connectivity index (χ2v) is 12.9. The molecule has 0 aliphatic carbocycles. The zero-order chi connectivity index (χ0) is 33.0. The molecule has 0 aliphatic heterocycles. The molecule has 8 aromatic carbocycles. The van der Waals surface area contributed by atoms with Crippen molar-refractivity contribution < 1.29 is 0 Å². The zero-order valence-electron chi connectivity index (χ0n) is 27.4. The van der Waals surface area contributed by atoms with Gasteiger partial charge in [-0.1, -0.05) is 152 Å². The Morgan fingerprint density at radius 2 is 0.820 bits per heavy atom. The van der Waals surface area contributed by atoms with Crippen LogP contribution in [0.2, 0.25) is 0 Å². The van der Waals surface area contributed by atoms with Crippen molar-refractivity contribution in [3.05, 3.63) is 194 Å². The SMILES string of the molecule is c1ccc(-c2ccc(-n3c4ccccc4c4ccc(-c5cccc6c7ccccc7n(-c7ccccc7)c56)cc43)cc2-c2ccccc2)cc1. The summed E-state index contributed by atoms with van der Waals surface area (Å²) >= 11 is 0. The second kappa shape index (κ2) is 11.5. The van der Waals surface area contributed by atoms with Gasteiger partial charge in [-0.25, -0.2) is 0 Å². The summed E-state index contributed by atoms with van der Waals surface area (Å²) in [6.45, 7) is 0. The Labute approximate surface area is 290 Å². The van der Waals surface area contributed by atoms with E-state index in [4.69, 9.17) is 0 Å². The molecule has 10 aromatic rings. The summed E-state index contributed by atoms with van der Waals surface area (Å²) in [5.74, 6) is 0. The van der Waals surface area contributed by atoms with Gasteiger partial charge in [0.1, 0.15) is 0 Å². The monoisotopic (exact) mass is 636 g/mol. The largest absolute Gasteiger partial charge is 0.309 e. The number of hydrogen-bond acceptors (Lipinski definition) is 0. The van der Waals surface area contributed by atoms with Crippen molar-refractivity contribution in [1.29, 1.82) is 0 Å². The van der Waals surface area contributed by atoms with E-state index >= 15 is 0 Å². The molecule has 0 N–H and O–H groups in total. The van der Waals surface area contributed by atoms with Crippen molar-refractivity contribution in [2.75, 3.05) is 0 Å². The van der Waals surface area contributed by atoms with E-state index in [1.54, 1.807) is 0 Å². The van der Waals surface area contributed by atoms with E-state index < -0.39 is 0 Å². The second-order valence-electron chi connectivity index (χ2n) is 12.9. The van der Waals surface area contributed by atoms with Crippen LogP contribution in [0, 0.1) is 0 Å². The zero-order valence-corrected chi connectivity index (χ0v) is 27.4. The van der Waals surface area contributed by atoms with Crippen LogP contribution in [0.1, 0.15) is 0 Å². The van der Waals surface area contributed by atoms with E-state index in [9.17, 15) is 0 Å². The highest BCUT2D eigenvalue weighted by Gasteiger charge is 2.19. The molecule has 0 unspecified atom stereocenters. The summed E-state index contributed by atoms with van der Waals surface area (Å²) < 4.78 is 4.87. The van der Waals surface area contributed by atoms with E-state index in [2.05, 4.69) is 203 Å². The molecule has 0 fully saturated rings. The molecular weight excluding hydrogens is 605 g/mol. The fraction of sp³-hybridized carbons (Fsp3) is 0. The molecular formula is C48H32N2. The number of hydrogen-bond donors (Lipinski definition) is 0. The Morgan fingerprint density at radius 1 is 0.260 bits per heavy atom. The third-order valence-electron chi connectivity index (χ3n) is 10.1. The van der Waals surface area contributed by atoms with E-state index in [0.717, 1.165) is 11.4 Å². The van der Waals surface area contributed by atoms with Crippen LogP contribution in [0.25, 0.3) is 88.4 Å². The van der Waals surface area contributed by atoms with E-state index in [0.29, 0.717) is 0 Å². The third kappa shape index (κ3) is 4.43. The number of benzene rings is 8. The Bertz CT molecular complexity index is 2840. The van der Waals surface area contributed by atoms with Gasteiger partial charge >= 0.3 is 0 Å². The van der Waals surface area contributed by atoms with Gasteiger partial charge in [-0.2, -0.15) is 0 Å². The van der Waals surface area contributed by atoms with Crippen molar-refractivity contribution in [3.8, 4) is 44.8 Å². The Kier molecular flexibility index (Phi) is 6.53. The first-order valence-electron chi connectivity index (χ1n) is 17.2. The van der Waals surface area contributed by atoms with E-state index in [1.807, 2.05) is 0 Å². The predicted molar refractivity (Wildman–Crippen MR) is 211 cm³/mol. The lowest BCUT2D eigenvalue weighted by molar-refractivity contribution is 1.18. The number of rotatable bonds is 5. The molecule has 0 amide bonds. The molecule has 2 nitrogen and oxygen atoms in total. The lowest BCUT2D eigenvalue weighted by Crippen LogP contribution is -1.97. The third-order valence-corrected chi connectivity index (χ3v) is 10.1. The quantitative estimate of drug-likeness (QED) is 0.178. The van der Waals surface area contributed by atoms with Gasteiger partial charge in [-0.15, -0.1) is 0 Å². The first-order chi connectivity index (χ1) is 24.8. The Morgan fingerprint density at radius 3 is 1.54 bits per heavy atom. The van der Waals surface area contributed by atoms with Crippen LogP contribution in [0.4, 0.5) is 0 Å². The molecule has 0 saturated carbocycles.